The lowest BCUT2D eigenvalue weighted by Gasteiger charge is -2.32. The van der Waals surface area contributed by atoms with Crippen LogP contribution < -0.4 is 20.7 Å². The molecule has 1 fully saturated rings. The van der Waals surface area contributed by atoms with Crippen LogP contribution in [0.1, 0.15) is 61.9 Å². The van der Waals surface area contributed by atoms with Gasteiger partial charge in [0, 0.05) is 20.0 Å². The molecule has 4 rings (SSSR count). The largest absolute Gasteiger partial charge is 0.491 e. The first kappa shape index (κ1) is 30.1. The molecule has 0 bridgehead atoms. The fraction of sp³-hybridized carbons (Fsp3) is 0.500. The van der Waals surface area contributed by atoms with E-state index in [1.165, 1.54) is 0 Å². The Morgan fingerprint density at radius 2 is 1.71 bits per heavy atom. The molecule has 9 heteroatoms. The zero-order valence-electron chi connectivity index (χ0n) is 24.2. The van der Waals surface area contributed by atoms with Crippen molar-refractivity contribution in [1.29, 1.82) is 0 Å². The number of carbonyl (C=O) groups is 4. The first-order chi connectivity index (χ1) is 19.7. The Hall–Kier alpha value is -3.88. The number of para-hydroxylation sites is 1. The highest BCUT2D eigenvalue weighted by Crippen LogP contribution is 2.27. The molecule has 220 valence electrons. The first-order valence-electron chi connectivity index (χ1n) is 14.6. The van der Waals surface area contributed by atoms with E-state index in [1.54, 1.807) is 36.2 Å². The van der Waals surface area contributed by atoms with E-state index >= 15 is 0 Å². The zero-order chi connectivity index (χ0) is 29.4. The third-order valence-corrected chi connectivity index (χ3v) is 7.66. The summed E-state index contributed by atoms with van der Waals surface area (Å²) in [4.78, 5) is 55.1. The third-order valence-electron chi connectivity index (χ3n) is 7.66. The molecule has 1 aliphatic heterocycles. The molecule has 41 heavy (non-hydrogen) atoms. The lowest BCUT2D eigenvalue weighted by atomic mass is 10.00. The second kappa shape index (κ2) is 14.1. The van der Waals surface area contributed by atoms with Crippen molar-refractivity contribution < 1.29 is 23.9 Å². The number of nitrogens with one attached hydrogen (secondary N) is 3. The maximum atomic E-state index is 13.8. The van der Waals surface area contributed by atoms with Crippen LogP contribution in [0.2, 0.25) is 0 Å². The van der Waals surface area contributed by atoms with E-state index in [0.29, 0.717) is 31.1 Å². The van der Waals surface area contributed by atoms with Gasteiger partial charge in [-0.1, -0.05) is 56.3 Å². The van der Waals surface area contributed by atoms with Crippen LogP contribution in [0, 0.1) is 11.8 Å². The number of nitrogens with zero attached hydrogens (tertiary/aromatic N) is 1. The van der Waals surface area contributed by atoms with Gasteiger partial charge in [-0.25, -0.2) is 0 Å². The number of carbonyl (C=O) groups excluding carboxylic acids is 4. The highest BCUT2D eigenvalue weighted by atomic mass is 16.5. The lowest BCUT2D eigenvalue weighted by molar-refractivity contribution is -0.138. The number of hydrogen-bond donors (Lipinski definition) is 3. The summed E-state index contributed by atoms with van der Waals surface area (Å²) in [6, 6.07) is 14.7. The topological polar surface area (TPSA) is 117 Å². The zero-order valence-corrected chi connectivity index (χ0v) is 24.2. The van der Waals surface area contributed by atoms with Gasteiger partial charge in [0.2, 0.25) is 17.7 Å². The van der Waals surface area contributed by atoms with Crippen LogP contribution in [0.25, 0.3) is 0 Å². The van der Waals surface area contributed by atoms with Crippen molar-refractivity contribution in [3.8, 4) is 5.75 Å². The maximum Gasteiger partial charge on any atom is 0.255 e. The Morgan fingerprint density at radius 3 is 2.41 bits per heavy atom. The summed E-state index contributed by atoms with van der Waals surface area (Å²) in [5, 5.41) is 8.66. The van der Waals surface area contributed by atoms with Gasteiger partial charge in [-0.15, -0.1) is 0 Å². The fourth-order valence-electron chi connectivity index (χ4n) is 5.02. The van der Waals surface area contributed by atoms with E-state index < -0.39 is 18.0 Å². The van der Waals surface area contributed by atoms with Crippen LogP contribution in [-0.4, -0.2) is 66.9 Å². The molecule has 0 unspecified atom stereocenters. The van der Waals surface area contributed by atoms with E-state index in [4.69, 9.17) is 4.74 Å². The summed E-state index contributed by atoms with van der Waals surface area (Å²) in [6.45, 7) is 4.70. The van der Waals surface area contributed by atoms with Crippen LogP contribution in [0.4, 0.5) is 0 Å². The molecule has 2 aliphatic rings. The van der Waals surface area contributed by atoms with Gasteiger partial charge in [-0.05, 0) is 61.6 Å². The van der Waals surface area contributed by atoms with Crippen LogP contribution in [0.3, 0.4) is 0 Å². The van der Waals surface area contributed by atoms with Crippen LogP contribution in [0.15, 0.2) is 54.6 Å². The van der Waals surface area contributed by atoms with Gasteiger partial charge in [0.05, 0.1) is 11.6 Å². The van der Waals surface area contributed by atoms with Crippen molar-refractivity contribution in [2.24, 2.45) is 11.8 Å². The summed E-state index contributed by atoms with van der Waals surface area (Å²) < 4.78 is 6.22. The number of benzene rings is 2. The molecule has 2 aromatic rings. The number of ether oxygens (including phenoxy) is 1. The van der Waals surface area contributed by atoms with Gasteiger partial charge >= 0.3 is 0 Å². The molecule has 2 aromatic carbocycles. The molecule has 1 saturated carbocycles. The number of amides is 4. The quantitative estimate of drug-likeness (QED) is 0.480. The van der Waals surface area contributed by atoms with Gasteiger partial charge in [0.25, 0.3) is 5.91 Å². The van der Waals surface area contributed by atoms with E-state index in [9.17, 15) is 19.2 Å². The number of rotatable bonds is 7. The number of hydrogen-bond acceptors (Lipinski definition) is 5. The smallest absolute Gasteiger partial charge is 0.255 e. The lowest BCUT2D eigenvalue weighted by Crippen LogP contribution is -2.53. The maximum absolute atomic E-state index is 13.8. The summed E-state index contributed by atoms with van der Waals surface area (Å²) >= 11 is 0. The van der Waals surface area contributed by atoms with Crippen molar-refractivity contribution in [3.63, 3.8) is 0 Å². The molecule has 3 atom stereocenters. The van der Waals surface area contributed by atoms with Crippen LogP contribution in [0.5, 0.6) is 5.75 Å². The van der Waals surface area contributed by atoms with Gasteiger partial charge < -0.3 is 25.6 Å². The van der Waals surface area contributed by atoms with Gasteiger partial charge in [-0.3, -0.25) is 19.2 Å². The Kier molecular flexibility index (Phi) is 10.4. The molecule has 0 aromatic heterocycles. The molecule has 0 spiro atoms. The van der Waals surface area contributed by atoms with Gasteiger partial charge in [0.15, 0.2) is 0 Å². The van der Waals surface area contributed by atoms with E-state index in [-0.39, 0.29) is 54.7 Å². The Balaban J connectivity index is 1.64. The highest BCUT2D eigenvalue weighted by molar-refractivity contribution is 5.99. The standard InChI is InChI=1S/C32H42N4O5/c1-21(2)17-27-32(40)36(3)24(18-22-9-5-4-6-10-22)20-41-28-12-8-7-11-25(28)30(38)35-26(15-16-29(37)34-27)31(39)33-19-23-13-14-23/h4-12,21,23-24,26-27H,13-20H2,1-3H3,(H,33,39)(H,34,37)(H,35,38)/t24-,26+,27+/m1/s1. The SMILES string of the molecule is CC(C)C[C@@H]1NC(=O)CC[C@@H](C(=O)NCC2CC2)NC(=O)c2ccccc2OC[C@@H](Cc2ccccc2)N(C)C1=O. The molecule has 0 radical (unpaired) electrons. The Morgan fingerprint density at radius 1 is 1.00 bits per heavy atom. The molecule has 0 saturated heterocycles. The van der Waals surface area contributed by atoms with Crippen molar-refractivity contribution in [2.75, 3.05) is 20.2 Å². The summed E-state index contributed by atoms with van der Waals surface area (Å²) in [5.74, 6) is -0.315. The minimum Gasteiger partial charge on any atom is -0.491 e. The third kappa shape index (κ3) is 8.80. The summed E-state index contributed by atoms with van der Waals surface area (Å²) in [7, 11) is 1.73. The summed E-state index contributed by atoms with van der Waals surface area (Å²) in [6.07, 6.45) is 3.25. The molecular formula is C32H42N4O5. The van der Waals surface area contributed by atoms with Gasteiger partial charge in [-0.2, -0.15) is 0 Å². The minimum atomic E-state index is -0.905. The predicted octanol–water partition coefficient (Wildman–Crippen LogP) is 3.08. The molecule has 1 heterocycles. The van der Waals surface area contributed by atoms with Gasteiger partial charge in [0.1, 0.15) is 24.4 Å². The normalized spacial score (nSPS) is 22.5. The van der Waals surface area contributed by atoms with Crippen molar-refractivity contribution in [1.82, 2.24) is 20.9 Å². The van der Waals surface area contributed by atoms with E-state index in [0.717, 1.165) is 18.4 Å². The van der Waals surface area contributed by atoms with Crippen LogP contribution in [-0.2, 0) is 20.8 Å². The first-order valence-corrected chi connectivity index (χ1v) is 14.6. The molecule has 9 nitrogen and oxygen atoms in total. The van der Waals surface area contributed by atoms with Crippen molar-refractivity contribution in [3.05, 3.63) is 65.7 Å². The monoisotopic (exact) mass is 562 g/mol. The molecular weight excluding hydrogens is 520 g/mol. The molecule has 1 aliphatic carbocycles. The second-order valence-corrected chi connectivity index (χ2v) is 11.6. The Bertz CT molecular complexity index is 1210. The average molecular weight is 563 g/mol. The second-order valence-electron chi connectivity index (χ2n) is 11.6. The van der Waals surface area contributed by atoms with E-state index in [1.807, 2.05) is 44.2 Å². The summed E-state index contributed by atoms with van der Waals surface area (Å²) in [5.41, 5.74) is 1.33. The average Bonchev–Trinajstić information content (AvgIpc) is 3.79. The number of likely N-dealkylation sites (N-methyl/N-ethyl adjacent to an activating group) is 1. The predicted molar refractivity (Wildman–Crippen MR) is 156 cm³/mol. The van der Waals surface area contributed by atoms with Crippen molar-refractivity contribution in [2.45, 2.75) is 70.5 Å². The minimum absolute atomic E-state index is 0.0149. The number of fused-ring (bicyclic) bond motifs is 1. The fourth-order valence-corrected chi connectivity index (χ4v) is 5.02. The van der Waals surface area contributed by atoms with E-state index in [2.05, 4.69) is 16.0 Å². The van der Waals surface area contributed by atoms with Crippen LogP contribution >= 0.6 is 0 Å². The molecule has 4 amide bonds. The molecule has 3 N–H and O–H groups in total. The van der Waals surface area contributed by atoms with Crippen molar-refractivity contribution >= 4 is 23.6 Å². The Labute approximate surface area is 242 Å². The highest BCUT2D eigenvalue weighted by Gasteiger charge is 2.32.